The Balaban J connectivity index is 1.38. The van der Waals surface area contributed by atoms with Crippen LogP contribution in [0.25, 0.3) is 11.3 Å². The van der Waals surface area contributed by atoms with Crippen molar-refractivity contribution in [3.8, 4) is 17.3 Å². The van der Waals surface area contributed by atoms with Gasteiger partial charge in [0.1, 0.15) is 5.56 Å². The molecule has 1 amide bonds. The lowest BCUT2D eigenvalue weighted by Gasteiger charge is -2.34. The van der Waals surface area contributed by atoms with Crippen LogP contribution >= 0.6 is 0 Å². The van der Waals surface area contributed by atoms with Crippen LogP contribution in [0.1, 0.15) is 21.5 Å². The number of rotatable bonds is 4. The summed E-state index contributed by atoms with van der Waals surface area (Å²) in [5.41, 5.74) is 3.21. The molecule has 0 atom stereocenters. The number of amides is 1. The van der Waals surface area contributed by atoms with Gasteiger partial charge in [-0.25, -0.2) is 0 Å². The number of aromatic amines is 1. The van der Waals surface area contributed by atoms with Crippen LogP contribution in [0.15, 0.2) is 71.5 Å². The molecule has 0 aliphatic carbocycles. The molecule has 0 bridgehead atoms. The van der Waals surface area contributed by atoms with E-state index in [2.05, 4.69) is 16.0 Å². The highest BCUT2D eigenvalue weighted by Crippen LogP contribution is 2.16. The SMILES string of the molecule is N#Cc1ccc(CN2CCN(C(=O)c3ccc(-c4ccccc4)[nH]c3=O)CC2)cc1. The Hall–Kier alpha value is -3.69. The third kappa shape index (κ3) is 4.32. The molecular weight excluding hydrogens is 376 g/mol. The van der Waals surface area contributed by atoms with Crippen LogP contribution in [0.4, 0.5) is 0 Å². The van der Waals surface area contributed by atoms with Crippen LogP contribution in [0, 0.1) is 11.3 Å². The molecule has 2 heterocycles. The maximum atomic E-state index is 12.9. The van der Waals surface area contributed by atoms with E-state index in [-0.39, 0.29) is 17.0 Å². The first-order valence-corrected chi connectivity index (χ1v) is 9.93. The third-order valence-electron chi connectivity index (χ3n) is 5.37. The van der Waals surface area contributed by atoms with E-state index in [0.29, 0.717) is 24.3 Å². The molecule has 1 aliphatic rings. The third-order valence-corrected chi connectivity index (χ3v) is 5.37. The predicted octanol–water partition coefficient (Wildman–Crippen LogP) is 2.87. The molecule has 0 radical (unpaired) electrons. The summed E-state index contributed by atoms with van der Waals surface area (Å²) in [7, 11) is 0. The molecule has 6 nitrogen and oxygen atoms in total. The van der Waals surface area contributed by atoms with E-state index in [4.69, 9.17) is 5.26 Å². The van der Waals surface area contributed by atoms with Crippen LogP contribution in [0.2, 0.25) is 0 Å². The lowest BCUT2D eigenvalue weighted by molar-refractivity contribution is 0.0626. The van der Waals surface area contributed by atoms with Crippen molar-refractivity contribution in [2.24, 2.45) is 0 Å². The van der Waals surface area contributed by atoms with Crippen molar-refractivity contribution in [3.05, 3.63) is 93.8 Å². The number of nitrogens with zero attached hydrogens (tertiary/aromatic N) is 3. The zero-order chi connectivity index (χ0) is 20.9. The van der Waals surface area contributed by atoms with Gasteiger partial charge in [-0.05, 0) is 35.4 Å². The average molecular weight is 398 g/mol. The van der Waals surface area contributed by atoms with Crippen molar-refractivity contribution in [3.63, 3.8) is 0 Å². The summed E-state index contributed by atoms with van der Waals surface area (Å²) < 4.78 is 0. The van der Waals surface area contributed by atoms with Gasteiger partial charge in [0.25, 0.3) is 11.5 Å². The van der Waals surface area contributed by atoms with Crippen molar-refractivity contribution in [2.75, 3.05) is 26.2 Å². The quantitative estimate of drug-likeness (QED) is 0.733. The highest BCUT2D eigenvalue weighted by Gasteiger charge is 2.24. The number of carbonyl (C=O) groups is 1. The molecule has 1 saturated heterocycles. The van der Waals surface area contributed by atoms with Gasteiger partial charge < -0.3 is 9.88 Å². The molecule has 1 fully saturated rings. The predicted molar refractivity (Wildman–Crippen MR) is 115 cm³/mol. The summed E-state index contributed by atoms with van der Waals surface area (Å²) in [4.78, 5) is 32.2. The van der Waals surface area contributed by atoms with Gasteiger partial charge in [0.05, 0.1) is 11.6 Å². The maximum Gasteiger partial charge on any atom is 0.261 e. The normalized spacial score (nSPS) is 14.3. The molecular formula is C24H22N4O2. The molecule has 1 aromatic heterocycles. The van der Waals surface area contributed by atoms with Gasteiger partial charge in [-0.15, -0.1) is 0 Å². The Morgan fingerprint density at radius 3 is 2.27 bits per heavy atom. The molecule has 0 unspecified atom stereocenters. The van der Waals surface area contributed by atoms with Crippen molar-refractivity contribution >= 4 is 5.91 Å². The summed E-state index contributed by atoms with van der Waals surface area (Å²) in [6.07, 6.45) is 0. The number of hydrogen-bond donors (Lipinski definition) is 1. The number of hydrogen-bond acceptors (Lipinski definition) is 4. The smallest absolute Gasteiger partial charge is 0.261 e. The van der Waals surface area contributed by atoms with E-state index >= 15 is 0 Å². The number of pyridine rings is 1. The van der Waals surface area contributed by atoms with E-state index in [1.165, 1.54) is 0 Å². The van der Waals surface area contributed by atoms with Gasteiger partial charge >= 0.3 is 0 Å². The number of nitrogens with one attached hydrogen (secondary N) is 1. The number of H-pyrrole nitrogens is 1. The average Bonchev–Trinajstić information content (AvgIpc) is 2.80. The van der Waals surface area contributed by atoms with Crippen molar-refractivity contribution in [1.82, 2.24) is 14.8 Å². The molecule has 30 heavy (non-hydrogen) atoms. The summed E-state index contributed by atoms with van der Waals surface area (Å²) >= 11 is 0. The number of carbonyl (C=O) groups excluding carboxylic acids is 1. The summed E-state index contributed by atoms with van der Waals surface area (Å²) in [5.74, 6) is -0.228. The molecule has 3 aromatic rings. The van der Waals surface area contributed by atoms with Crippen molar-refractivity contribution in [2.45, 2.75) is 6.54 Å². The molecule has 1 N–H and O–H groups in total. The second kappa shape index (κ2) is 8.76. The maximum absolute atomic E-state index is 12.9. The first kappa shape index (κ1) is 19.6. The standard InChI is InChI=1S/C24H22N4O2/c25-16-18-6-8-19(9-7-18)17-27-12-14-28(15-13-27)24(30)21-10-11-22(26-23(21)29)20-4-2-1-3-5-20/h1-11H,12-15,17H2,(H,26,29). The first-order valence-electron chi connectivity index (χ1n) is 9.93. The molecule has 150 valence electrons. The van der Waals surface area contributed by atoms with Gasteiger partial charge in [-0.1, -0.05) is 42.5 Å². The van der Waals surface area contributed by atoms with Gasteiger partial charge in [-0.3, -0.25) is 14.5 Å². The highest BCUT2D eigenvalue weighted by molar-refractivity contribution is 5.94. The van der Waals surface area contributed by atoms with Gasteiger partial charge in [0.2, 0.25) is 0 Å². The van der Waals surface area contributed by atoms with Crippen molar-refractivity contribution in [1.29, 1.82) is 5.26 Å². The molecule has 1 aliphatic heterocycles. The van der Waals surface area contributed by atoms with Crippen LogP contribution < -0.4 is 5.56 Å². The Morgan fingerprint density at radius 2 is 1.63 bits per heavy atom. The van der Waals surface area contributed by atoms with Crippen LogP contribution in [-0.4, -0.2) is 46.9 Å². The Bertz CT molecular complexity index is 1120. The fourth-order valence-corrected chi connectivity index (χ4v) is 3.65. The zero-order valence-electron chi connectivity index (χ0n) is 16.5. The fraction of sp³-hybridized carbons (Fsp3) is 0.208. The van der Waals surface area contributed by atoms with Crippen LogP contribution in [0.3, 0.4) is 0 Å². The number of benzene rings is 2. The second-order valence-corrected chi connectivity index (χ2v) is 7.36. The van der Waals surface area contributed by atoms with E-state index < -0.39 is 0 Å². The molecule has 0 spiro atoms. The number of piperazine rings is 1. The summed E-state index contributed by atoms with van der Waals surface area (Å²) in [5, 5.41) is 8.90. The van der Waals surface area contributed by atoms with Gasteiger partial charge in [0.15, 0.2) is 0 Å². The number of nitriles is 1. The van der Waals surface area contributed by atoms with E-state index in [9.17, 15) is 9.59 Å². The first-order chi connectivity index (χ1) is 14.6. The molecule has 0 saturated carbocycles. The van der Waals surface area contributed by atoms with E-state index in [0.717, 1.165) is 30.8 Å². The molecule has 2 aromatic carbocycles. The number of aromatic nitrogens is 1. The lowest BCUT2D eigenvalue weighted by atomic mass is 10.1. The minimum absolute atomic E-state index is 0.176. The molecule has 4 rings (SSSR count). The van der Waals surface area contributed by atoms with Gasteiger partial charge in [-0.2, -0.15) is 5.26 Å². The van der Waals surface area contributed by atoms with Gasteiger partial charge in [0, 0.05) is 38.4 Å². The Morgan fingerprint density at radius 1 is 0.933 bits per heavy atom. The van der Waals surface area contributed by atoms with E-state index in [1.807, 2.05) is 54.6 Å². The second-order valence-electron chi connectivity index (χ2n) is 7.36. The zero-order valence-corrected chi connectivity index (χ0v) is 16.5. The molecule has 6 heteroatoms. The largest absolute Gasteiger partial charge is 0.336 e. The Kier molecular flexibility index (Phi) is 5.73. The monoisotopic (exact) mass is 398 g/mol. The summed E-state index contributed by atoms with van der Waals surface area (Å²) in [6, 6.07) is 22.7. The fourth-order valence-electron chi connectivity index (χ4n) is 3.65. The van der Waals surface area contributed by atoms with E-state index in [1.54, 1.807) is 17.0 Å². The highest BCUT2D eigenvalue weighted by atomic mass is 16.2. The van der Waals surface area contributed by atoms with Crippen molar-refractivity contribution < 1.29 is 4.79 Å². The Labute approximate surface area is 175 Å². The minimum Gasteiger partial charge on any atom is -0.336 e. The summed E-state index contributed by atoms with van der Waals surface area (Å²) in [6.45, 7) is 3.42. The topological polar surface area (TPSA) is 80.2 Å². The van der Waals surface area contributed by atoms with Crippen LogP contribution in [0.5, 0.6) is 0 Å². The minimum atomic E-state index is -0.360. The lowest BCUT2D eigenvalue weighted by Crippen LogP contribution is -2.49. The van der Waals surface area contributed by atoms with Crippen LogP contribution in [-0.2, 0) is 6.54 Å².